The Labute approximate surface area is 155 Å². The summed E-state index contributed by atoms with van der Waals surface area (Å²) >= 11 is 7.47. The van der Waals surface area contributed by atoms with E-state index in [9.17, 15) is 9.59 Å². The summed E-state index contributed by atoms with van der Waals surface area (Å²) in [5.74, 6) is 0.450. The second-order valence-corrected chi connectivity index (χ2v) is 6.51. The summed E-state index contributed by atoms with van der Waals surface area (Å²) in [5, 5.41) is 12.2. The zero-order valence-electron chi connectivity index (χ0n) is 14.0. The van der Waals surface area contributed by atoms with Gasteiger partial charge in [-0.1, -0.05) is 35.5 Å². The number of benzene rings is 1. The number of methoxy groups -OCH3 is 1. The first kappa shape index (κ1) is 19.3. The van der Waals surface area contributed by atoms with Gasteiger partial charge in [0.2, 0.25) is 5.91 Å². The topological polar surface area (TPSA) is 86.1 Å². The molecule has 1 aromatic heterocycles. The zero-order valence-corrected chi connectivity index (χ0v) is 15.6. The third-order valence-electron chi connectivity index (χ3n) is 3.39. The molecule has 1 heterocycles. The van der Waals surface area contributed by atoms with Crippen molar-refractivity contribution in [3.05, 3.63) is 29.3 Å². The molecule has 134 valence electrons. The van der Waals surface area contributed by atoms with E-state index in [-0.39, 0.29) is 24.1 Å². The van der Waals surface area contributed by atoms with Crippen molar-refractivity contribution in [1.82, 2.24) is 20.1 Å². The highest BCUT2D eigenvalue weighted by molar-refractivity contribution is 7.99. The number of esters is 1. The summed E-state index contributed by atoms with van der Waals surface area (Å²) in [6.45, 7) is 0.429. The Morgan fingerprint density at radius 2 is 2.08 bits per heavy atom. The van der Waals surface area contributed by atoms with Gasteiger partial charge in [-0.3, -0.25) is 9.59 Å². The molecular weight excluding hydrogens is 364 g/mol. The van der Waals surface area contributed by atoms with Crippen LogP contribution < -0.4 is 5.32 Å². The fourth-order valence-electron chi connectivity index (χ4n) is 2.06. The minimum Gasteiger partial charge on any atom is -0.469 e. The Bertz CT molecular complexity index is 751. The highest BCUT2D eigenvalue weighted by Gasteiger charge is 2.14. The van der Waals surface area contributed by atoms with Crippen molar-refractivity contribution in [1.29, 1.82) is 0 Å². The fraction of sp³-hybridized carbons (Fsp3) is 0.375. The Morgan fingerprint density at radius 3 is 2.80 bits per heavy atom. The van der Waals surface area contributed by atoms with Crippen LogP contribution in [0.4, 0.5) is 0 Å². The van der Waals surface area contributed by atoms with Gasteiger partial charge < -0.3 is 14.6 Å². The number of carbonyl (C=O) groups excluding carboxylic acids is 2. The van der Waals surface area contributed by atoms with Crippen molar-refractivity contribution in [2.45, 2.75) is 18.0 Å². The van der Waals surface area contributed by atoms with Gasteiger partial charge in [-0.05, 0) is 18.6 Å². The second kappa shape index (κ2) is 9.43. The third-order valence-corrected chi connectivity index (χ3v) is 4.74. The number of ether oxygens (including phenoxy) is 1. The Kier molecular flexibility index (Phi) is 7.27. The first-order chi connectivity index (χ1) is 12.0. The number of nitrogens with zero attached hydrogens (tertiary/aromatic N) is 3. The minimum absolute atomic E-state index is 0.128. The van der Waals surface area contributed by atoms with Crippen LogP contribution in [-0.2, 0) is 21.4 Å². The van der Waals surface area contributed by atoms with E-state index in [0.29, 0.717) is 29.0 Å². The molecule has 1 N–H and O–H groups in total. The summed E-state index contributed by atoms with van der Waals surface area (Å²) in [6, 6.07) is 7.39. The smallest absolute Gasteiger partial charge is 0.305 e. The standard InChI is InChI=1S/C16H19ClN4O3S/c1-21-15(11-6-3-4-7-12(11)17)19-20-16(21)25-10-13(22)18-9-5-8-14(23)24-2/h3-4,6-7H,5,8-10H2,1-2H3,(H,18,22). The van der Waals surface area contributed by atoms with Crippen LogP contribution in [-0.4, -0.2) is 46.0 Å². The van der Waals surface area contributed by atoms with E-state index in [1.54, 1.807) is 10.6 Å². The number of hydrogen-bond donors (Lipinski definition) is 1. The van der Waals surface area contributed by atoms with Gasteiger partial charge in [0.1, 0.15) is 0 Å². The molecule has 1 aromatic carbocycles. The van der Waals surface area contributed by atoms with Gasteiger partial charge in [0.15, 0.2) is 11.0 Å². The highest BCUT2D eigenvalue weighted by atomic mass is 35.5. The fourth-order valence-corrected chi connectivity index (χ4v) is 3.02. The number of carbonyl (C=O) groups is 2. The maximum atomic E-state index is 11.8. The molecule has 1 amide bonds. The molecule has 0 aliphatic rings. The van der Waals surface area contributed by atoms with Crippen LogP contribution in [0.1, 0.15) is 12.8 Å². The third kappa shape index (κ3) is 5.47. The molecule has 0 saturated heterocycles. The Balaban J connectivity index is 1.85. The monoisotopic (exact) mass is 382 g/mol. The van der Waals surface area contributed by atoms with Crippen LogP contribution in [0.5, 0.6) is 0 Å². The van der Waals surface area contributed by atoms with Crippen molar-refractivity contribution in [2.24, 2.45) is 7.05 Å². The summed E-state index contributed by atoms with van der Waals surface area (Å²) in [7, 11) is 3.17. The molecule has 9 heteroatoms. The average molecular weight is 383 g/mol. The van der Waals surface area contributed by atoms with Gasteiger partial charge in [-0.25, -0.2) is 0 Å². The molecule has 0 saturated carbocycles. The van der Waals surface area contributed by atoms with Crippen LogP contribution in [0.25, 0.3) is 11.4 Å². The molecule has 0 aliphatic carbocycles. The van der Waals surface area contributed by atoms with E-state index in [1.807, 2.05) is 25.2 Å². The molecule has 25 heavy (non-hydrogen) atoms. The Morgan fingerprint density at radius 1 is 1.32 bits per heavy atom. The van der Waals surface area contributed by atoms with E-state index in [4.69, 9.17) is 11.6 Å². The number of amides is 1. The van der Waals surface area contributed by atoms with E-state index < -0.39 is 0 Å². The molecule has 0 bridgehead atoms. The molecule has 2 rings (SSSR count). The van der Waals surface area contributed by atoms with Crippen molar-refractivity contribution >= 4 is 35.2 Å². The van der Waals surface area contributed by atoms with Crippen molar-refractivity contribution < 1.29 is 14.3 Å². The first-order valence-corrected chi connectivity index (χ1v) is 9.00. The van der Waals surface area contributed by atoms with E-state index in [0.717, 1.165) is 5.56 Å². The number of thioether (sulfide) groups is 1. The lowest BCUT2D eigenvalue weighted by molar-refractivity contribution is -0.140. The number of nitrogens with one attached hydrogen (secondary N) is 1. The van der Waals surface area contributed by atoms with Crippen molar-refractivity contribution in [3.63, 3.8) is 0 Å². The summed E-state index contributed by atoms with van der Waals surface area (Å²) in [6.07, 6.45) is 0.831. The molecular formula is C16H19ClN4O3S. The predicted molar refractivity (Wildman–Crippen MR) is 96.4 cm³/mol. The minimum atomic E-state index is -0.283. The van der Waals surface area contributed by atoms with Crippen molar-refractivity contribution in [2.75, 3.05) is 19.4 Å². The van der Waals surface area contributed by atoms with Crippen LogP contribution in [0.2, 0.25) is 5.02 Å². The molecule has 2 aromatic rings. The average Bonchev–Trinajstić information content (AvgIpc) is 2.97. The van der Waals surface area contributed by atoms with Crippen LogP contribution in [0, 0.1) is 0 Å². The number of halogens is 1. The number of hydrogen-bond acceptors (Lipinski definition) is 6. The molecule has 0 spiro atoms. The maximum Gasteiger partial charge on any atom is 0.305 e. The zero-order chi connectivity index (χ0) is 18.2. The molecule has 0 unspecified atom stereocenters. The lowest BCUT2D eigenvalue weighted by Crippen LogP contribution is -2.26. The van der Waals surface area contributed by atoms with Gasteiger partial charge in [-0.2, -0.15) is 0 Å². The quantitative estimate of drug-likeness (QED) is 0.428. The highest BCUT2D eigenvalue weighted by Crippen LogP contribution is 2.28. The van der Waals surface area contributed by atoms with Gasteiger partial charge in [0.25, 0.3) is 0 Å². The van der Waals surface area contributed by atoms with Gasteiger partial charge in [0, 0.05) is 25.6 Å². The molecule has 0 radical (unpaired) electrons. The van der Waals surface area contributed by atoms with Crippen LogP contribution in [0.15, 0.2) is 29.4 Å². The normalized spacial score (nSPS) is 10.5. The van der Waals surface area contributed by atoms with E-state index in [2.05, 4.69) is 20.3 Å². The molecule has 0 aliphatic heterocycles. The number of aromatic nitrogens is 3. The van der Waals surface area contributed by atoms with Crippen LogP contribution >= 0.6 is 23.4 Å². The second-order valence-electron chi connectivity index (χ2n) is 5.16. The molecule has 0 atom stereocenters. The van der Waals surface area contributed by atoms with Gasteiger partial charge in [-0.15, -0.1) is 10.2 Å². The van der Waals surface area contributed by atoms with Gasteiger partial charge >= 0.3 is 5.97 Å². The van der Waals surface area contributed by atoms with E-state index >= 15 is 0 Å². The summed E-state index contributed by atoms with van der Waals surface area (Å²) in [5.41, 5.74) is 0.790. The maximum absolute atomic E-state index is 11.8. The van der Waals surface area contributed by atoms with Gasteiger partial charge in [0.05, 0.1) is 17.9 Å². The molecule has 7 nitrogen and oxygen atoms in total. The lowest BCUT2D eigenvalue weighted by Gasteiger charge is -2.06. The molecule has 0 fully saturated rings. The van der Waals surface area contributed by atoms with E-state index in [1.165, 1.54) is 18.9 Å². The predicted octanol–water partition coefficient (Wildman–Crippen LogP) is 2.30. The Hall–Kier alpha value is -2.06. The SMILES string of the molecule is COC(=O)CCCNC(=O)CSc1nnc(-c2ccccc2Cl)n1C. The summed E-state index contributed by atoms with van der Waals surface area (Å²) < 4.78 is 6.34. The lowest BCUT2D eigenvalue weighted by atomic mass is 10.2. The largest absolute Gasteiger partial charge is 0.469 e. The van der Waals surface area contributed by atoms with Crippen LogP contribution in [0.3, 0.4) is 0 Å². The summed E-state index contributed by atoms with van der Waals surface area (Å²) in [4.78, 5) is 22.8. The van der Waals surface area contributed by atoms with Crippen molar-refractivity contribution in [3.8, 4) is 11.4 Å². The first-order valence-electron chi connectivity index (χ1n) is 7.63. The number of rotatable bonds is 8.